The van der Waals surface area contributed by atoms with Crippen LogP contribution in [0.4, 0.5) is 4.79 Å². The van der Waals surface area contributed by atoms with Crippen molar-refractivity contribution in [3.05, 3.63) is 21.3 Å². The van der Waals surface area contributed by atoms with Crippen molar-refractivity contribution < 1.29 is 14.7 Å². The summed E-state index contributed by atoms with van der Waals surface area (Å²) in [6, 6.07) is 3.54. The van der Waals surface area contributed by atoms with Crippen LogP contribution < -0.4 is 5.32 Å². The molecule has 7 heteroatoms. The molecule has 1 aliphatic rings. The van der Waals surface area contributed by atoms with Crippen LogP contribution in [0.25, 0.3) is 0 Å². The number of halogens is 1. The van der Waals surface area contributed by atoms with E-state index in [0.717, 1.165) is 17.7 Å². The van der Waals surface area contributed by atoms with E-state index in [9.17, 15) is 9.59 Å². The number of hydrogen-bond acceptors (Lipinski definition) is 3. The van der Waals surface area contributed by atoms with Gasteiger partial charge in [0.05, 0.1) is 16.8 Å². The van der Waals surface area contributed by atoms with Gasteiger partial charge in [-0.2, -0.15) is 0 Å². The second-order valence-electron chi connectivity index (χ2n) is 4.88. The number of nitrogens with one attached hydrogen (secondary N) is 1. The molecule has 0 aromatic carbocycles. The van der Waals surface area contributed by atoms with Gasteiger partial charge in [-0.05, 0) is 31.9 Å². The molecule has 5 nitrogen and oxygen atoms in total. The summed E-state index contributed by atoms with van der Waals surface area (Å²) in [5, 5.41) is 11.6. The number of carbonyl (C=O) groups is 2. The van der Waals surface area contributed by atoms with Crippen LogP contribution in [0.2, 0.25) is 4.34 Å². The molecule has 1 aliphatic carbocycles. The second-order valence-corrected chi connectivity index (χ2v) is 6.63. The first-order valence-electron chi connectivity index (χ1n) is 6.51. The number of amides is 2. The highest BCUT2D eigenvalue weighted by Crippen LogP contribution is 2.29. The van der Waals surface area contributed by atoms with Crippen molar-refractivity contribution in [1.82, 2.24) is 10.2 Å². The van der Waals surface area contributed by atoms with Crippen LogP contribution >= 0.6 is 22.9 Å². The van der Waals surface area contributed by atoms with E-state index in [1.807, 2.05) is 13.0 Å². The summed E-state index contributed by atoms with van der Waals surface area (Å²) in [6.07, 6.45) is 1.88. The Hall–Kier alpha value is -1.27. The number of nitrogens with zero attached hydrogens (tertiary/aromatic N) is 1. The van der Waals surface area contributed by atoms with Gasteiger partial charge in [-0.25, -0.2) is 4.79 Å². The number of thiophene rings is 1. The van der Waals surface area contributed by atoms with Gasteiger partial charge in [0, 0.05) is 17.5 Å². The Morgan fingerprint density at radius 3 is 2.75 bits per heavy atom. The van der Waals surface area contributed by atoms with Crippen LogP contribution in [0.1, 0.15) is 37.1 Å². The summed E-state index contributed by atoms with van der Waals surface area (Å²) in [7, 11) is 0. The molecule has 2 amide bonds. The Labute approximate surface area is 126 Å². The molecular weight excluding hydrogens is 300 g/mol. The van der Waals surface area contributed by atoms with Crippen LogP contribution in [0.15, 0.2) is 12.1 Å². The molecular formula is C13H17ClN2O3S. The lowest BCUT2D eigenvalue weighted by molar-refractivity contribution is -0.137. The van der Waals surface area contributed by atoms with Gasteiger partial charge in [0.1, 0.15) is 0 Å². The lowest BCUT2D eigenvalue weighted by atomic mass is 10.3. The fourth-order valence-corrected chi connectivity index (χ4v) is 3.02. The Kier molecular flexibility index (Phi) is 4.88. The molecule has 2 N–H and O–H groups in total. The molecule has 1 aromatic heterocycles. The third-order valence-electron chi connectivity index (χ3n) is 3.18. The van der Waals surface area contributed by atoms with Gasteiger partial charge in [-0.15, -0.1) is 11.3 Å². The smallest absolute Gasteiger partial charge is 0.318 e. The Morgan fingerprint density at radius 1 is 1.55 bits per heavy atom. The van der Waals surface area contributed by atoms with E-state index >= 15 is 0 Å². The van der Waals surface area contributed by atoms with Crippen molar-refractivity contribution in [2.75, 3.05) is 6.54 Å². The highest BCUT2D eigenvalue weighted by Gasteiger charge is 2.33. The van der Waals surface area contributed by atoms with E-state index in [2.05, 4.69) is 5.32 Å². The molecule has 1 aromatic rings. The fraction of sp³-hybridized carbons (Fsp3) is 0.538. The van der Waals surface area contributed by atoms with Gasteiger partial charge in [0.15, 0.2) is 0 Å². The average Bonchev–Trinajstić information content (AvgIpc) is 3.10. The maximum absolute atomic E-state index is 12.2. The molecule has 2 rings (SSSR count). The van der Waals surface area contributed by atoms with Crippen molar-refractivity contribution in [2.45, 2.75) is 38.3 Å². The standard InChI is InChI=1S/C13H17ClN2O3S/c1-8(10-4-5-11(14)20-10)15-13(19)16(9-2-3-9)7-6-12(17)18/h4-5,8-9H,2-3,6-7H2,1H3,(H,15,19)(H,17,18). The molecule has 1 saturated carbocycles. The molecule has 0 bridgehead atoms. The Bertz CT molecular complexity index is 502. The van der Waals surface area contributed by atoms with Crippen LogP contribution in [0.5, 0.6) is 0 Å². The minimum Gasteiger partial charge on any atom is -0.481 e. The van der Waals surface area contributed by atoms with Crippen LogP contribution in [-0.4, -0.2) is 34.6 Å². The summed E-state index contributed by atoms with van der Waals surface area (Å²) >= 11 is 7.31. The van der Waals surface area contributed by atoms with E-state index in [4.69, 9.17) is 16.7 Å². The third kappa shape index (κ3) is 4.11. The number of rotatable bonds is 6. The third-order valence-corrected chi connectivity index (χ3v) is 4.59. The summed E-state index contributed by atoms with van der Waals surface area (Å²) in [5.74, 6) is -0.887. The zero-order valence-corrected chi connectivity index (χ0v) is 12.7. The lowest BCUT2D eigenvalue weighted by Gasteiger charge is -2.24. The fourth-order valence-electron chi connectivity index (χ4n) is 1.95. The molecule has 110 valence electrons. The predicted octanol–water partition coefficient (Wildman–Crippen LogP) is 3.11. The summed E-state index contributed by atoms with van der Waals surface area (Å²) < 4.78 is 0.686. The normalized spacial score (nSPS) is 15.7. The summed E-state index contributed by atoms with van der Waals surface area (Å²) in [5.41, 5.74) is 0. The van der Waals surface area contributed by atoms with Gasteiger partial charge < -0.3 is 15.3 Å². The van der Waals surface area contributed by atoms with Crippen LogP contribution in [0, 0.1) is 0 Å². The average molecular weight is 317 g/mol. The Morgan fingerprint density at radius 2 is 2.25 bits per heavy atom. The van der Waals surface area contributed by atoms with E-state index < -0.39 is 5.97 Å². The molecule has 1 atom stereocenters. The van der Waals surface area contributed by atoms with Crippen molar-refractivity contribution >= 4 is 34.9 Å². The maximum Gasteiger partial charge on any atom is 0.318 e. The molecule has 20 heavy (non-hydrogen) atoms. The van der Waals surface area contributed by atoms with E-state index in [-0.39, 0.29) is 31.1 Å². The SMILES string of the molecule is CC(NC(=O)N(CCC(=O)O)C1CC1)c1ccc(Cl)s1. The van der Waals surface area contributed by atoms with Crippen molar-refractivity contribution in [3.63, 3.8) is 0 Å². The molecule has 1 fully saturated rings. The molecule has 1 unspecified atom stereocenters. The highest BCUT2D eigenvalue weighted by molar-refractivity contribution is 7.16. The van der Waals surface area contributed by atoms with Crippen LogP contribution in [0.3, 0.4) is 0 Å². The molecule has 0 spiro atoms. The first-order valence-corrected chi connectivity index (χ1v) is 7.71. The van der Waals surface area contributed by atoms with E-state index in [1.165, 1.54) is 11.3 Å². The van der Waals surface area contributed by atoms with E-state index in [1.54, 1.807) is 11.0 Å². The van der Waals surface area contributed by atoms with Crippen LogP contribution in [-0.2, 0) is 4.79 Å². The molecule has 0 aliphatic heterocycles. The van der Waals surface area contributed by atoms with Gasteiger partial charge in [-0.1, -0.05) is 11.6 Å². The number of aliphatic carboxylic acids is 1. The van der Waals surface area contributed by atoms with Crippen molar-refractivity contribution in [1.29, 1.82) is 0 Å². The second kappa shape index (κ2) is 6.45. The number of carboxylic acid groups (broad SMARTS) is 1. The Balaban J connectivity index is 1.92. The molecule has 1 heterocycles. The highest BCUT2D eigenvalue weighted by atomic mass is 35.5. The minimum absolute atomic E-state index is 0.0247. The summed E-state index contributed by atoms with van der Waals surface area (Å²) in [6.45, 7) is 2.14. The molecule has 0 saturated heterocycles. The van der Waals surface area contributed by atoms with Gasteiger partial charge in [0.2, 0.25) is 0 Å². The first-order chi connectivity index (χ1) is 9.47. The number of carbonyl (C=O) groups excluding carboxylic acids is 1. The predicted molar refractivity (Wildman–Crippen MR) is 78.3 cm³/mol. The molecule has 0 radical (unpaired) electrons. The van der Waals surface area contributed by atoms with Gasteiger partial charge >= 0.3 is 12.0 Å². The lowest BCUT2D eigenvalue weighted by Crippen LogP contribution is -2.43. The summed E-state index contributed by atoms with van der Waals surface area (Å²) in [4.78, 5) is 25.5. The quantitative estimate of drug-likeness (QED) is 0.847. The van der Waals surface area contributed by atoms with Gasteiger partial charge in [-0.3, -0.25) is 4.79 Å². The van der Waals surface area contributed by atoms with Gasteiger partial charge in [0.25, 0.3) is 0 Å². The zero-order chi connectivity index (χ0) is 14.7. The topological polar surface area (TPSA) is 69.6 Å². The zero-order valence-electron chi connectivity index (χ0n) is 11.1. The number of carboxylic acids is 1. The maximum atomic E-state index is 12.2. The largest absolute Gasteiger partial charge is 0.481 e. The van der Waals surface area contributed by atoms with Crippen molar-refractivity contribution in [2.24, 2.45) is 0 Å². The van der Waals surface area contributed by atoms with Crippen molar-refractivity contribution in [3.8, 4) is 0 Å². The number of hydrogen-bond donors (Lipinski definition) is 2. The first kappa shape index (κ1) is 15.1. The van der Waals surface area contributed by atoms with E-state index in [0.29, 0.717) is 4.34 Å². The minimum atomic E-state index is -0.887. The number of urea groups is 1. The monoisotopic (exact) mass is 316 g/mol.